The van der Waals surface area contributed by atoms with Crippen molar-refractivity contribution >= 4 is 49.6 Å². The van der Waals surface area contributed by atoms with Gasteiger partial charge in [-0.05, 0) is 73.0 Å². The number of imidazole rings is 1. The molecule has 5 heteroatoms. The first-order valence-electron chi connectivity index (χ1n) is 16.8. The van der Waals surface area contributed by atoms with Crippen LogP contribution in [0.2, 0.25) is 0 Å². The van der Waals surface area contributed by atoms with E-state index < -0.39 is 0 Å². The van der Waals surface area contributed by atoms with Crippen LogP contribution in [-0.2, 0) is 0 Å². The highest BCUT2D eigenvalue weighted by Gasteiger charge is 2.21. The lowest BCUT2D eigenvalue weighted by atomic mass is 10.0. The molecular weight excluding hydrogens is 599 g/mol. The summed E-state index contributed by atoms with van der Waals surface area (Å²) in [5.41, 5.74) is 12.0. The molecule has 0 N–H and O–H groups in total. The standard InChI is InChI=1S/C44H31N5/c1-4-13-31(14-5-1)43-46-41-36(25-27-45-44(41)49(43)34-18-8-3-9-19-34)32-15-12-20-35(29-32)48-38-22-11-10-21-37(38)40-39(48)24-23-30-26-28-47(42(30)40)33-16-6-2-7-17-33/h1-6,8-16,18-29H,7,17H2. The van der Waals surface area contributed by atoms with Crippen LogP contribution in [0.3, 0.4) is 0 Å². The van der Waals surface area contributed by atoms with Gasteiger partial charge in [-0.3, -0.25) is 4.57 Å². The Morgan fingerprint density at radius 2 is 1.43 bits per heavy atom. The van der Waals surface area contributed by atoms with Crippen LogP contribution in [0.5, 0.6) is 0 Å². The highest BCUT2D eigenvalue weighted by molar-refractivity contribution is 6.21. The van der Waals surface area contributed by atoms with Crippen molar-refractivity contribution in [1.29, 1.82) is 0 Å². The third-order valence-electron chi connectivity index (χ3n) is 9.80. The van der Waals surface area contributed by atoms with Crippen LogP contribution in [0.1, 0.15) is 12.8 Å². The molecule has 0 atom stereocenters. The zero-order chi connectivity index (χ0) is 32.3. The molecule has 232 valence electrons. The Morgan fingerprint density at radius 3 is 2.29 bits per heavy atom. The van der Waals surface area contributed by atoms with Crippen LogP contribution in [0.4, 0.5) is 0 Å². The number of nitrogens with zero attached hydrogens (tertiary/aromatic N) is 5. The minimum atomic E-state index is 0.833. The topological polar surface area (TPSA) is 40.6 Å². The molecule has 4 heterocycles. The normalized spacial score (nSPS) is 13.2. The predicted octanol–water partition coefficient (Wildman–Crippen LogP) is 11.0. The zero-order valence-electron chi connectivity index (χ0n) is 26.7. The quantitative estimate of drug-likeness (QED) is 0.190. The molecular formula is C44H31N5. The first-order chi connectivity index (χ1) is 24.3. The molecule has 0 amide bonds. The van der Waals surface area contributed by atoms with Gasteiger partial charge in [-0.1, -0.05) is 97.1 Å². The highest BCUT2D eigenvalue weighted by Crippen LogP contribution is 2.40. The summed E-state index contributed by atoms with van der Waals surface area (Å²) >= 11 is 0. The Balaban J connectivity index is 1.20. The Hall–Kier alpha value is -6.46. The van der Waals surface area contributed by atoms with Crippen molar-refractivity contribution in [2.75, 3.05) is 0 Å². The molecule has 49 heavy (non-hydrogen) atoms. The van der Waals surface area contributed by atoms with Gasteiger partial charge in [0.1, 0.15) is 11.3 Å². The Morgan fingerprint density at radius 1 is 0.633 bits per heavy atom. The van der Waals surface area contributed by atoms with Crippen LogP contribution in [0.25, 0.3) is 83.5 Å². The molecule has 5 nitrogen and oxygen atoms in total. The highest BCUT2D eigenvalue weighted by atomic mass is 15.1. The minimum Gasteiger partial charge on any atom is -0.320 e. The van der Waals surface area contributed by atoms with Gasteiger partial charge in [0, 0.05) is 56.8 Å². The van der Waals surface area contributed by atoms with E-state index in [-0.39, 0.29) is 0 Å². The number of hydrogen-bond acceptors (Lipinski definition) is 2. The minimum absolute atomic E-state index is 0.833. The second-order valence-electron chi connectivity index (χ2n) is 12.6. The van der Waals surface area contributed by atoms with E-state index in [4.69, 9.17) is 9.97 Å². The monoisotopic (exact) mass is 629 g/mol. The molecule has 0 bridgehead atoms. The Kier molecular flexibility index (Phi) is 6.24. The number of rotatable bonds is 5. The molecule has 0 aliphatic heterocycles. The number of hydrogen-bond donors (Lipinski definition) is 0. The van der Waals surface area contributed by atoms with E-state index >= 15 is 0 Å². The van der Waals surface area contributed by atoms with Gasteiger partial charge in [-0.15, -0.1) is 0 Å². The van der Waals surface area contributed by atoms with Crippen LogP contribution >= 0.6 is 0 Å². The average Bonchev–Trinajstić information content (AvgIpc) is 3.88. The molecule has 1 aliphatic rings. The summed E-state index contributed by atoms with van der Waals surface area (Å²) in [4.78, 5) is 10.2. The Bertz CT molecular complexity index is 2760. The van der Waals surface area contributed by atoms with E-state index in [9.17, 15) is 0 Å². The van der Waals surface area contributed by atoms with Gasteiger partial charge < -0.3 is 9.13 Å². The van der Waals surface area contributed by atoms with Crippen molar-refractivity contribution in [3.63, 3.8) is 0 Å². The van der Waals surface area contributed by atoms with Gasteiger partial charge in [0.15, 0.2) is 5.65 Å². The van der Waals surface area contributed by atoms with Crippen LogP contribution in [-0.4, -0.2) is 23.7 Å². The molecule has 0 radical (unpaired) electrons. The number of benzene rings is 5. The van der Waals surface area contributed by atoms with Crippen LogP contribution < -0.4 is 0 Å². The lowest BCUT2D eigenvalue weighted by Crippen LogP contribution is -1.98. The first kappa shape index (κ1) is 27.6. The summed E-state index contributed by atoms with van der Waals surface area (Å²) in [5, 5.41) is 3.78. The third kappa shape index (κ3) is 4.32. The maximum absolute atomic E-state index is 5.29. The third-order valence-corrected chi connectivity index (χ3v) is 9.80. The molecule has 4 aromatic heterocycles. The Labute approximate surface area is 283 Å². The molecule has 9 aromatic rings. The lowest BCUT2D eigenvalue weighted by Gasteiger charge is -2.13. The second-order valence-corrected chi connectivity index (χ2v) is 12.6. The van der Waals surface area contributed by atoms with E-state index in [0.29, 0.717) is 0 Å². The summed E-state index contributed by atoms with van der Waals surface area (Å²) in [7, 11) is 0. The molecule has 5 aromatic carbocycles. The second kappa shape index (κ2) is 11.1. The molecule has 0 unspecified atom stereocenters. The van der Waals surface area contributed by atoms with E-state index in [2.05, 4.69) is 159 Å². The van der Waals surface area contributed by atoms with Gasteiger partial charge in [0.2, 0.25) is 0 Å². The fourth-order valence-electron chi connectivity index (χ4n) is 7.61. The van der Waals surface area contributed by atoms with Crippen LogP contribution in [0, 0.1) is 0 Å². The average molecular weight is 630 g/mol. The molecule has 0 saturated heterocycles. The van der Waals surface area contributed by atoms with Crippen molar-refractivity contribution in [1.82, 2.24) is 23.7 Å². The van der Waals surface area contributed by atoms with Crippen molar-refractivity contribution in [2.45, 2.75) is 12.8 Å². The number of allylic oxidation sites excluding steroid dienone is 4. The maximum Gasteiger partial charge on any atom is 0.165 e. The van der Waals surface area contributed by atoms with Gasteiger partial charge in [0.05, 0.1) is 16.6 Å². The summed E-state index contributed by atoms with van der Waals surface area (Å²) in [6, 6.07) is 47.3. The molecule has 1 aliphatic carbocycles. The van der Waals surface area contributed by atoms with E-state index in [1.54, 1.807) is 0 Å². The SMILES string of the molecule is C1=CCCC(n2ccc3ccc4c(c5ccccc5n4-c4cccc(-c5ccnc6c5nc(-c5ccccc5)n6-c5ccccc5)c4)c32)=C1. The van der Waals surface area contributed by atoms with Gasteiger partial charge in [0.25, 0.3) is 0 Å². The number of fused-ring (bicyclic) bond motifs is 6. The number of pyridine rings is 1. The predicted molar refractivity (Wildman–Crippen MR) is 202 cm³/mol. The fourth-order valence-corrected chi connectivity index (χ4v) is 7.61. The van der Waals surface area contributed by atoms with Crippen molar-refractivity contribution in [3.05, 3.63) is 164 Å². The van der Waals surface area contributed by atoms with Gasteiger partial charge in [-0.2, -0.15) is 0 Å². The summed E-state index contributed by atoms with van der Waals surface area (Å²) < 4.78 is 6.98. The lowest BCUT2D eigenvalue weighted by molar-refractivity contribution is 0.965. The van der Waals surface area contributed by atoms with Crippen LogP contribution in [0.15, 0.2) is 164 Å². The van der Waals surface area contributed by atoms with Gasteiger partial charge >= 0.3 is 0 Å². The molecule has 0 fully saturated rings. The molecule has 10 rings (SSSR count). The zero-order valence-corrected chi connectivity index (χ0v) is 26.7. The summed E-state index contributed by atoms with van der Waals surface area (Å²) in [6.07, 6.45) is 12.9. The number of aromatic nitrogens is 5. The van der Waals surface area contributed by atoms with E-state index in [1.807, 2.05) is 18.3 Å². The van der Waals surface area contributed by atoms with Crippen molar-refractivity contribution < 1.29 is 0 Å². The molecule has 0 saturated carbocycles. The smallest absolute Gasteiger partial charge is 0.165 e. The summed E-state index contributed by atoms with van der Waals surface area (Å²) in [5.74, 6) is 0.871. The van der Waals surface area contributed by atoms with Crippen molar-refractivity contribution in [3.8, 4) is 33.9 Å². The van der Waals surface area contributed by atoms with E-state index in [1.165, 1.54) is 38.4 Å². The molecule has 0 spiro atoms. The van der Waals surface area contributed by atoms with Gasteiger partial charge in [-0.25, -0.2) is 9.97 Å². The fraction of sp³-hybridized carbons (Fsp3) is 0.0455. The van der Waals surface area contributed by atoms with Crippen molar-refractivity contribution in [2.24, 2.45) is 0 Å². The largest absolute Gasteiger partial charge is 0.320 e. The number of para-hydroxylation sites is 2. The summed E-state index contributed by atoms with van der Waals surface area (Å²) in [6.45, 7) is 0. The van der Waals surface area contributed by atoms with E-state index in [0.717, 1.165) is 57.9 Å². The first-order valence-corrected chi connectivity index (χ1v) is 16.8. The maximum atomic E-state index is 5.29.